The van der Waals surface area contributed by atoms with E-state index in [2.05, 4.69) is 24.1 Å². The number of ether oxygens (including phenoxy) is 1. The molecule has 1 rings (SSSR count). The molecule has 0 aliphatic heterocycles. The van der Waals surface area contributed by atoms with Gasteiger partial charge in [0.25, 0.3) is 0 Å². The second-order valence-electron chi connectivity index (χ2n) is 10.5. The number of carbonyl (C=O) groups excluding carboxylic acids is 3. The van der Waals surface area contributed by atoms with E-state index in [4.69, 9.17) is 4.74 Å². The van der Waals surface area contributed by atoms with Crippen molar-refractivity contribution in [3.8, 4) is 0 Å². The van der Waals surface area contributed by atoms with Crippen LogP contribution in [0, 0.1) is 19.8 Å². The lowest BCUT2D eigenvalue weighted by Gasteiger charge is -2.36. The predicted molar refractivity (Wildman–Crippen MR) is 146 cm³/mol. The summed E-state index contributed by atoms with van der Waals surface area (Å²) in [7, 11) is 0. The summed E-state index contributed by atoms with van der Waals surface area (Å²) in [5.74, 6) is -0.762. The summed E-state index contributed by atoms with van der Waals surface area (Å²) in [6.45, 7) is 19.8. The van der Waals surface area contributed by atoms with E-state index >= 15 is 0 Å². The molecule has 202 valence electrons. The number of carbonyl (C=O) groups is 3. The largest absolute Gasteiger partial charge is 0.444 e. The molecule has 0 saturated heterocycles. The molecule has 0 aliphatic rings. The quantitative estimate of drug-likeness (QED) is 0.272. The Morgan fingerprint density at radius 2 is 1.81 bits per heavy atom. The van der Waals surface area contributed by atoms with Gasteiger partial charge in [-0.25, -0.2) is 4.79 Å². The number of nitrogens with zero attached hydrogens (tertiary/aromatic N) is 1. The highest BCUT2D eigenvalue weighted by Gasteiger charge is 2.38. The average Bonchev–Trinajstić information content (AvgIpc) is 2.79. The van der Waals surface area contributed by atoms with E-state index in [9.17, 15) is 14.4 Å². The lowest BCUT2D eigenvalue weighted by atomic mass is 9.93. The van der Waals surface area contributed by atoms with Crippen LogP contribution in [0.2, 0.25) is 0 Å². The summed E-state index contributed by atoms with van der Waals surface area (Å²) in [5.41, 5.74) is 2.05. The van der Waals surface area contributed by atoms with Crippen LogP contribution in [0.15, 0.2) is 30.9 Å². The third-order valence-corrected chi connectivity index (χ3v) is 6.12. The molecule has 0 radical (unpaired) electrons. The van der Waals surface area contributed by atoms with Gasteiger partial charge in [-0.15, -0.1) is 6.58 Å². The minimum atomic E-state index is -0.857. The van der Waals surface area contributed by atoms with Crippen LogP contribution < -0.4 is 10.6 Å². The normalized spacial score (nSPS) is 13.8. The first-order chi connectivity index (χ1) is 16.9. The van der Waals surface area contributed by atoms with Gasteiger partial charge in [-0.05, 0) is 58.1 Å². The fraction of sp³-hybridized carbons (Fsp3) is 0.621. The Bertz CT molecular complexity index is 891. The first-order valence-corrected chi connectivity index (χ1v) is 13.1. The van der Waals surface area contributed by atoms with Crippen LogP contribution in [0.3, 0.4) is 0 Å². The molecular weight excluding hydrogens is 454 g/mol. The number of alkyl carbamates (subject to hydrolysis) is 1. The van der Waals surface area contributed by atoms with Crippen molar-refractivity contribution in [3.63, 3.8) is 0 Å². The molecule has 0 heterocycles. The van der Waals surface area contributed by atoms with Gasteiger partial charge in [-0.1, -0.05) is 69.9 Å². The van der Waals surface area contributed by atoms with Crippen molar-refractivity contribution in [2.75, 3.05) is 13.1 Å². The summed E-state index contributed by atoms with van der Waals surface area (Å²) in [6, 6.07) is 4.15. The van der Waals surface area contributed by atoms with Crippen molar-refractivity contribution >= 4 is 17.9 Å². The van der Waals surface area contributed by atoms with E-state index in [1.807, 2.05) is 45.9 Å². The standard InChI is InChI=1S/C29H47N3O4/c1-10-13-14-17-30-26(33)25(23-16-15-20(4)19-22(23)6)32(18-11-2)27(34)24(21(5)12-3)31-28(35)36-29(7,8)9/h11,15-16,19,21,24-25H,2,10,12-14,17-18H2,1,3-9H3,(H,30,33)(H,31,35). The minimum Gasteiger partial charge on any atom is -0.444 e. The summed E-state index contributed by atoms with van der Waals surface area (Å²) in [5, 5.41) is 5.80. The molecule has 1 aromatic rings. The average molecular weight is 502 g/mol. The molecule has 0 saturated carbocycles. The maximum absolute atomic E-state index is 14.0. The molecule has 7 nitrogen and oxygen atoms in total. The van der Waals surface area contributed by atoms with Crippen molar-refractivity contribution in [3.05, 3.63) is 47.5 Å². The van der Waals surface area contributed by atoms with Crippen molar-refractivity contribution in [1.82, 2.24) is 15.5 Å². The lowest BCUT2D eigenvalue weighted by molar-refractivity contribution is -0.142. The van der Waals surface area contributed by atoms with Gasteiger partial charge in [0.15, 0.2) is 0 Å². The van der Waals surface area contributed by atoms with Crippen molar-refractivity contribution in [2.24, 2.45) is 5.92 Å². The van der Waals surface area contributed by atoms with Crippen molar-refractivity contribution in [1.29, 1.82) is 0 Å². The Hall–Kier alpha value is -2.83. The Morgan fingerprint density at radius 1 is 1.14 bits per heavy atom. The summed E-state index contributed by atoms with van der Waals surface area (Å²) < 4.78 is 5.43. The molecule has 0 bridgehead atoms. The number of hydrogen-bond donors (Lipinski definition) is 2. The third-order valence-electron chi connectivity index (χ3n) is 6.12. The second kappa shape index (κ2) is 14.7. The number of rotatable bonds is 13. The number of hydrogen-bond acceptors (Lipinski definition) is 4. The minimum absolute atomic E-state index is 0.155. The Labute approximate surface area is 218 Å². The van der Waals surface area contributed by atoms with Crippen LogP contribution in [0.1, 0.15) is 90.0 Å². The molecular formula is C29H47N3O4. The molecule has 3 atom stereocenters. The summed E-state index contributed by atoms with van der Waals surface area (Å²) in [6.07, 6.45) is 4.54. The predicted octanol–water partition coefficient (Wildman–Crippen LogP) is 5.60. The van der Waals surface area contributed by atoms with E-state index < -0.39 is 23.8 Å². The van der Waals surface area contributed by atoms with Gasteiger partial charge in [0.2, 0.25) is 11.8 Å². The van der Waals surface area contributed by atoms with Gasteiger partial charge in [0.05, 0.1) is 0 Å². The van der Waals surface area contributed by atoms with Gasteiger partial charge in [0.1, 0.15) is 17.7 Å². The summed E-state index contributed by atoms with van der Waals surface area (Å²) in [4.78, 5) is 41.8. The SMILES string of the molecule is C=CCN(C(=O)C(NC(=O)OC(C)(C)C)C(C)CC)C(C(=O)NCCCCC)c1ccc(C)cc1C. The molecule has 0 fully saturated rings. The molecule has 3 amide bonds. The molecule has 36 heavy (non-hydrogen) atoms. The number of benzene rings is 1. The molecule has 7 heteroatoms. The highest BCUT2D eigenvalue weighted by Crippen LogP contribution is 2.27. The van der Waals surface area contributed by atoms with E-state index in [1.165, 1.54) is 4.90 Å². The number of unbranched alkanes of at least 4 members (excludes halogenated alkanes) is 2. The van der Waals surface area contributed by atoms with Crippen molar-refractivity contribution in [2.45, 2.75) is 98.8 Å². The highest BCUT2D eigenvalue weighted by atomic mass is 16.6. The Morgan fingerprint density at radius 3 is 2.33 bits per heavy atom. The molecule has 3 unspecified atom stereocenters. The maximum atomic E-state index is 14.0. The van der Waals surface area contributed by atoms with Gasteiger partial charge < -0.3 is 20.3 Å². The Balaban J connectivity index is 3.46. The zero-order valence-electron chi connectivity index (χ0n) is 23.6. The zero-order chi connectivity index (χ0) is 27.5. The maximum Gasteiger partial charge on any atom is 0.408 e. The topological polar surface area (TPSA) is 87.7 Å². The van der Waals surface area contributed by atoms with E-state index in [1.54, 1.807) is 26.8 Å². The van der Waals surface area contributed by atoms with Gasteiger partial charge in [0, 0.05) is 13.1 Å². The van der Waals surface area contributed by atoms with Gasteiger partial charge >= 0.3 is 6.09 Å². The van der Waals surface area contributed by atoms with Crippen molar-refractivity contribution < 1.29 is 19.1 Å². The molecule has 0 aromatic heterocycles. The number of amides is 3. The van der Waals surface area contributed by atoms with Crippen LogP contribution in [0.4, 0.5) is 4.79 Å². The smallest absolute Gasteiger partial charge is 0.408 e. The van der Waals surface area contributed by atoms with Gasteiger partial charge in [-0.2, -0.15) is 0 Å². The lowest BCUT2D eigenvalue weighted by Crippen LogP contribution is -2.55. The van der Waals surface area contributed by atoms with E-state index in [0.29, 0.717) is 13.0 Å². The zero-order valence-corrected chi connectivity index (χ0v) is 23.6. The molecule has 2 N–H and O–H groups in total. The van der Waals surface area contributed by atoms with Crippen LogP contribution >= 0.6 is 0 Å². The first kappa shape index (κ1) is 31.2. The van der Waals surface area contributed by atoms with Crippen LogP contribution in [-0.2, 0) is 14.3 Å². The Kier molecular flexibility index (Phi) is 12.7. The number of nitrogens with one attached hydrogen (secondary N) is 2. The molecule has 0 aliphatic carbocycles. The molecule has 0 spiro atoms. The highest BCUT2D eigenvalue weighted by molar-refractivity contribution is 5.92. The van der Waals surface area contributed by atoms with E-state index in [0.717, 1.165) is 36.0 Å². The van der Waals surface area contributed by atoms with E-state index in [-0.39, 0.29) is 24.3 Å². The van der Waals surface area contributed by atoms with Crippen LogP contribution in [-0.4, -0.2) is 47.5 Å². The first-order valence-electron chi connectivity index (χ1n) is 13.1. The van der Waals surface area contributed by atoms with Crippen LogP contribution in [0.25, 0.3) is 0 Å². The van der Waals surface area contributed by atoms with Crippen LogP contribution in [0.5, 0.6) is 0 Å². The molecule has 1 aromatic carbocycles. The third kappa shape index (κ3) is 9.67. The second-order valence-corrected chi connectivity index (χ2v) is 10.5. The monoisotopic (exact) mass is 501 g/mol. The fourth-order valence-electron chi connectivity index (χ4n) is 4.02. The van der Waals surface area contributed by atoms with Gasteiger partial charge in [-0.3, -0.25) is 9.59 Å². The fourth-order valence-corrected chi connectivity index (χ4v) is 4.02. The summed E-state index contributed by atoms with van der Waals surface area (Å²) >= 11 is 0. The number of aryl methyl sites for hydroxylation is 2.